The maximum absolute atomic E-state index is 11.9. The Morgan fingerprint density at radius 2 is 2.05 bits per heavy atom. The number of rotatable bonds is 7. The van der Waals surface area contributed by atoms with Gasteiger partial charge in [0.2, 0.25) is 11.8 Å². The van der Waals surface area contributed by atoms with E-state index in [9.17, 15) is 14.7 Å². The highest BCUT2D eigenvalue weighted by atomic mass is 32.2. The van der Waals surface area contributed by atoms with Crippen molar-refractivity contribution in [3.63, 3.8) is 0 Å². The van der Waals surface area contributed by atoms with E-state index in [0.717, 1.165) is 0 Å². The number of carbonyl (C=O) groups excluding carboxylic acids is 2. The van der Waals surface area contributed by atoms with Gasteiger partial charge in [-0.25, -0.2) is 0 Å². The molecule has 7 heteroatoms. The number of nitrogens with zero attached hydrogens (tertiary/aromatic N) is 1. The normalized spacial score (nSPS) is 18.0. The Morgan fingerprint density at radius 1 is 1.42 bits per heavy atom. The van der Waals surface area contributed by atoms with E-state index < -0.39 is 5.60 Å². The van der Waals surface area contributed by atoms with E-state index in [1.807, 2.05) is 0 Å². The molecule has 6 nitrogen and oxygen atoms in total. The molecule has 1 rings (SSSR count). The Labute approximate surface area is 117 Å². The largest absolute Gasteiger partial charge is 0.388 e. The molecular formula is C12H22N2O4S. The maximum Gasteiger partial charge on any atom is 0.227 e. The lowest BCUT2D eigenvalue weighted by molar-refractivity contribution is -0.136. The molecule has 0 saturated carbocycles. The van der Waals surface area contributed by atoms with Crippen LogP contribution in [0.2, 0.25) is 0 Å². The van der Waals surface area contributed by atoms with Gasteiger partial charge in [0.05, 0.1) is 11.4 Å². The van der Waals surface area contributed by atoms with Gasteiger partial charge in [0, 0.05) is 51.8 Å². The summed E-state index contributed by atoms with van der Waals surface area (Å²) in [5.74, 6) is 0.394. The highest BCUT2D eigenvalue weighted by molar-refractivity contribution is 7.99. The van der Waals surface area contributed by atoms with Gasteiger partial charge >= 0.3 is 0 Å². The molecule has 0 bridgehead atoms. The van der Waals surface area contributed by atoms with Crippen LogP contribution in [0.3, 0.4) is 0 Å². The number of amides is 2. The third kappa shape index (κ3) is 6.26. The zero-order valence-corrected chi connectivity index (χ0v) is 12.1. The zero-order valence-electron chi connectivity index (χ0n) is 11.3. The number of ether oxygens (including phenoxy) is 1. The summed E-state index contributed by atoms with van der Waals surface area (Å²) in [6.07, 6.45) is 1.46. The van der Waals surface area contributed by atoms with E-state index in [4.69, 9.17) is 10.5 Å². The molecule has 19 heavy (non-hydrogen) atoms. The Bertz CT molecular complexity index is 319. The summed E-state index contributed by atoms with van der Waals surface area (Å²) < 4.78 is 5.20. The fraction of sp³-hybridized carbons (Fsp3) is 0.833. The van der Waals surface area contributed by atoms with Crippen LogP contribution in [0.1, 0.15) is 19.3 Å². The number of primary amides is 1. The van der Waals surface area contributed by atoms with Gasteiger partial charge in [0.15, 0.2) is 0 Å². The van der Waals surface area contributed by atoms with E-state index >= 15 is 0 Å². The second-order valence-corrected chi connectivity index (χ2v) is 5.96. The minimum absolute atomic E-state index is 0.0307. The third-order valence-corrected chi connectivity index (χ3v) is 4.07. The molecule has 1 heterocycles. The molecule has 0 aromatic heterocycles. The highest BCUT2D eigenvalue weighted by Crippen LogP contribution is 2.21. The van der Waals surface area contributed by atoms with Crippen LogP contribution in [-0.2, 0) is 14.3 Å². The van der Waals surface area contributed by atoms with Gasteiger partial charge in [0.1, 0.15) is 0 Å². The van der Waals surface area contributed by atoms with Crippen molar-refractivity contribution in [3.8, 4) is 0 Å². The van der Waals surface area contributed by atoms with Gasteiger partial charge in [-0.3, -0.25) is 9.59 Å². The summed E-state index contributed by atoms with van der Waals surface area (Å²) in [7, 11) is 1.69. The maximum atomic E-state index is 11.9. The predicted octanol–water partition coefficient (Wildman–Crippen LogP) is -0.405. The van der Waals surface area contributed by atoms with Crippen molar-refractivity contribution in [2.24, 2.45) is 5.73 Å². The minimum atomic E-state index is -0.830. The number of thioether (sulfide) groups is 1. The molecular weight excluding hydrogens is 268 g/mol. The highest BCUT2D eigenvalue weighted by Gasteiger charge is 2.32. The van der Waals surface area contributed by atoms with Crippen LogP contribution in [0, 0.1) is 0 Å². The smallest absolute Gasteiger partial charge is 0.227 e. The second-order valence-electron chi connectivity index (χ2n) is 4.86. The van der Waals surface area contributed by atoms with Crippen LogP contribution < -0.4 is 5.73 Å². The molecule has 1 aliphatic heterocycles. The van der Waals surface area contributed by atoms with Crippen molar-refractivity contribution in [2.75, 3.05) is 38.3 Å². The zero-order chi connectivity index (χ0) is 14.3. The van der Waals surface area contributed by atoms with Gasteiger partial charge in [0.25, 0.3) is 0 Å². The van der Waals surface area contributed by atoms with Crippen molar-refractivity contribution < 1.29 is 19.4 Å². The molecule has 0 aromatic rings. The van der Waals surface area contributed by atoms with Gasteiger partial charge in [-0.15, -0.1) is 0 Å². The lowest BCUT2D eigenvalue weighted by atomic mass is 9.94. The summed E-state index contributed by atoms with van der Waals surface area (Å²) in [4.78, 5) is 24.0. The first kappa shape index (κ1) is 16.3. The Kier molecular flexibility index (Phi) is 6.60. The molecule has 1 saturated heterocycles. The number of carbonyl (C=O) groups is 2. The van der Waals surface area contributed by atoms with E-state index in [2.05, 4.69) is 0 Å². The average Bonchev–Trinajstić information content (AvgIpc) is 2.34. The van der Waals surface area contributed by atoms with Crippen LogP contribution >= 0.6 is 11.8 Å². The molecule has 110 valence electrons. The number of hydrogen-bond donors (Lipinski definition) is 2. The first-order valence-corrected chi connectivity index (χ1v) is 7.48. The standard InChI is InChI=1S/C12H22N2O4S/c1-14(9-12(17)3-5-18-6-4-12)11(16)2-7-19-8-10(13)15/h17H,2-9H2,1H3,(H2,13,15). The molecule has 1 fully saturated rings. The van der Waals surface area contributed by atoms with Crippen molar-refractivity contribution in [3.05, 3.63) is 0 Å². The topological polar surface area (TPSA) is 92.9 Å². The van der Waals surface area contributed by atoms with Crippen LogP contribution in [0.5, 0.6) is 0 Å². The van der Waals surface area contributed by atoms with Crippen LogP contribution in [0.4, 0.5) is 0 Å². The fourth-order valence-corrected chi connectivity index (χ4v) is 2.63. The molecule has 3 N–H and O–H groups in total. The van der Waals surface area contributed by atoms with E-state index in [1.165, 1.54) is 11.8 Å². The first-order valence-electron chi connectivity index (χ1n) is 6.33. The van der Waals surface area contributed by atoms with Crippen LogP contribution in [-0.4, -0.2) is 65.7 Å². The number of hydrogen-bond acceptors (Lipinski definition) is 5. The van der Waals surface area contributed by atoms with Crippen molar-refractivity contribution >= 4 is 23.6 Å². The van der Waals surface area contributed by atoms with E-state index in [1.54, 1.807) is 11.9 Å². The van der Waals surface area contributed by atoms with Gasteiger partial charge in [-0.1, -0.05) is 0 Å². The van der Waals surface area contributed by atoms with Gasteiger partial charge in [-0.2, -0.15) is 11.8 Å². The second kappa shape index (κ2) is 7.72. The number of likely N-dealkylation sites (N-methyl/N-ethyl adjacent to an activating group) is 1. The summed E-state index contributed by atoms with van der Waals surface area (Å²) in [6.45, 7) is 1.40. The fourth-order valence-electron chi connectivity index (χ4n) is 1.96. The monoisotopic (exact) mass is 290 g/mol. The summed E-state index contributed by atoms with van der Waals surface area (Å²) in [6, 6.07) is 0. The molecule has 1 aliphatic rings. The van der Waals surface area contributed by atoms with Crippen molar-refractivity contribution in [1.29, 1.82) is 0 Å². The Balaban J connectivity index is 2.25. The molecule has 0 aromatic carbocycles. The van der Waals surface area contributed by atoms with E-state index in [0.29, 0.717) is 44.8 Å². The first-order chi connectivity index (χ1) is 8.93. The van der Waals surface area contributed by atoms with E-state index in [-0.39, 0.29) is 17.6 Å². The van der Waals surface area contributed by atoms with Crippen molar-refractivity contribution in [1.82, 2.24) is 4.90 Å². The molecule has 0 radical (unpaired) electrons. The summed E-state index contributed by atoms with van der Waals surface area (Å²) in [5, 5.41) is 10.3. The molecule has 0 atom stereocenters. The van der Waals surface area contributed by atoms with Gasteiger partial charge < -0.3 is 20.5 Å². The van der Waals surface area contributed by atoms with Crippen molar-refractivity contribution in [2.45, 2.75) is 24.9 Å². The molecule has 2 amide bonds. The van der Waals surface area contributed by atoms with Crippen LogP contribution in [0.25, 0.3) is 0 Å². The molecule has 0 spiro atoms. The minimum Gasteiger partial charge on any atom is -0.388 e. The number of aliphatic hydroxyl groups is 1. The summed E-state index contributed by atoms with van der Waals surface area (Å²) in [5.41, 5.74) is 4.18. The number of nitrogens with two attached hydrogens (primary N) is 1. The lowest BCUT2D eigenvalue weighted by Gasteiger charge is -2.35. The van der Waals surface area contributed by atoms with Crippen LogP contribution in [0.15, 0.2) is 0 Å². The summed E-state index contributed by atoms with van der Waals surface area (Å²) >= 11 is 1.35. The predicted molar refractivity (Wildman–Crippen MR) is 73.8 cm³/mol. The molecule has 0 unspecified atom stereocenters. The van der Waals surface area contributed by atoms with Gasteiger partial charge in [-0.05, 0) is 0 Å². The quantitative estimate of drug-likeness (QED) is 0.622. The SMILES string of the molecule is CN(CC1(O)CCOCC1)C(=O)CCSCC(N)=O. The Morgan fingerprint density at radius 3 is 2.63 bits per heavy atom. The average molecular weight is 290 g/mol. The molecule has 0 aliphatic carbocycles. The lowest BCUT2D eigenvalue weighted by Crippen LogP contribution is -2.47. The Hall–Kier alpha value is -0.790. The third-order valence-electron chi connectivity index (χ3n) is 3.09.